The van der Waals surface area contributed by atoms with Gasteiger partial charge in [-0.1, -0.05) is 19.9 Å². The van der Waals surface area contributed by atoms with Gasteiger partial charge in [-0.2, -0.15) is 0 Å². The molecule has 1 aromatic carbocycles. The van der Waals surface area contributed by atoms with Crippen molar-refractivity contribution in [3.8, 4) is 11.5 Å². The van der Waals surface area contributed by atoms with Crippen LogP contribution in [0, 0.1) is 5.92 Å². The van der Waals surface area contributed by atoms with Gasteiger partial charge in [-0.3, -0.25) is 4.79 Å². The molecule has 38 heavy (non-hydrogen) atoms. The Morgan fingerprint density at radius 2 is 1.39 bits per heavy atom. The number of ether oxygens (including phenoxy) is 6. The smallest absolute Gasteiger partial charge is 0.480 e. The highest BCUT2D eigenvalue weighted by molar-refractivity contribution is 5.74. The highest BCUT2D eigenvalue weighted by Crippen LogP contribution is 2.30. The van der Waals surface area contributed by atoms with E-state index in [1.807, 2.05) is 13.8 Å². The monoisotopic (exact) mass is 541 g/mol. The number of aliphatic carboxylic acids is 1. The number of carboxylic acids is 1. The Balaban J connectivity index is 2.90. The second kappa shape index (κ2) is 16.3. The van der Waals surface area contributed by atoms with Crippen LogP contribution in [0.4, 0.5) is 14.4 Å². The minimum Gasteiger partial charge on any atom is -0.480 e. The topological polar surface area (TPSA) is 156 Å². The van der Waals surface area contributed by atoms with Crippen molar-refractivity contribution in [3.05, 3.63) is 23.8 Å². The Kier molecular flexibility index (Phi) is 14.0. The second-order valence-corrected chi connectivity index (χ2v) is 9.53. The summed E-state index contributed by atoms with van der Waals surface area (Å²) < 4.78 is 30.4. The molecule has 214 valence electrons. The van der Waals surface area contributed by atoms with Crippen LogP contribution in [0.3, 0.4) is 0 Å². The Labute approximate surface area is 222 Å². The first-order valence-electron chi connectivity index (χ1n) is 12.5. The minimum absolute atomic E-state index is 0.0345. The molecule has 12 heteroatoms. The quantitative estimate of drug-likeness (QED) is 0.190. The van der Waals surface area contributed by atoms with Gasteiger partial charge in [0.15, 0.2) is 11.5 Å². The zero-order valence-electron chi connectivity index (χ0n) is 23.0. The Bertz CT molecular complexity index is 930. The zero-order valence-corrected chi connectivity index (χ0v) is 23.0. The van der Waals surface area contributed by atoms with Crippen LogP contribution >= 0.6 is 0 Å². The molecule has 0 spiro atoms. The van der Waals surface area contributed by atoms with E-state index in [-0.39, 0.29) is 31.1 Å². The van der Waals surface area contributed by atoms with Gasteiger partial charge in [-0.05, 0) is 71.1 Å². The van der Waals surface area contributed by atoms with Crippen molar-refractivity contribution >= 4 is 24.4 Å². The molecule has 0 amide bonds. The van der Waals surface area contributed by atoms with Gasteiger partial charge in [0.25, 0.3) is 0 Å². The number of carboxylic acid groups (broad SMARTS) is 1. The highest BCUT2D eigenvalue weighted by atomic mass is 16.8. The summed E-state index contributed by atoms with van der Waals surface area (Å²) in [7, 11) is 0. The molecule has 1 aromatic rings. The molecule has 0 aliphatic rings. The van der Waals surface area contributed by atoms with Crippen molar-refractivity contribution in [3.63, 3.8) is 0 Å². The van der Waals surface area contributed by atoms with E-state index in [1.165, 1.54) is 18.2 Å². The Morgan fingerprint density at radius 3 is 1.92 bits per heavy atom. The van der Waals surface area contributed by atoms with Crippen molar-refractivity contribution in [2.45, 2.75) is 85.7 Å². The lowest BCUT2D eigenvalue weighted by Gasteiger charge is -2.19. The molecule has 12 nitrogen and oxygen atoms in total. The van der Waals surface area contributed by atoms with E-state index in [1.54, 1.807) is 34.6 Å². The van der Waals surface area contributed by atoms with Gasteiger partial charge in [0.1, 0.15) is 12.1 Å². The lowest BCUT2D eigenvalue weighted by molar-refractivity contribution is -0.139. The van der Waals surface area contributed by atoms with Crippen LogP contribution in [0.2, 0.25) is 0 Å². The molecule has 0 aliphatic carbocycles. The molecule has 0 aromatic heterocycles. The second-order valence-electron chi connectivity index (χ2n) is 9.53. The van der Waals surface area contributed by atoms with Gasteiger partial charge in [0.05, 0.1) is 18.8 Å². The van der Waals surface area contributed by atoms with Crippen molar-refractivity contribution in [1.82, 2.24) is 5.32 Å². The molecule has 0 fully saturated rings. The maximum Gasteiger partial charge on any atom is 0.514 e. The highest BCUT2D eigenvalue weighted by Gasteiger charge is 2.23. The first kappa shape index (κ1) is 32.5. The predicted octanol–water partition coefficient (Wildman–Crippen LogP) is 4.71. The zero-order chi connectivity index (χ0) is 28.8. The summed E-state index contributed by atoms with van der Waals surface area (Å²) in [5, 5.41) is 12.5. The van der Waals surface area contributed by atoms with Crippen molar-refractivity contribution < 1.29 is 52.7 Å². The van der Waals surface area contributed by atoms with Crippen LogP contribution in [0.5, 0.6) is 11.5 Å². The fourth-order valence-electron chi connectivity index (χ4n) is 2.86. The van der Waals surface area contributed by atoms with E-state index in [4.69, 9.17) is 28.4 Å². The van der Waals surface area contributed by atoms with E-state index in [9.17, 15) is 24.3 Å². The summed E-state index contributed by atoms with van der Waals surface area (Å²) >= 11 is 0. The first-order chi connectivity index (χ1) is 17.8. The molecule has 0 radical (unpaired) electrons. The van der Waals surface area contributed by atoms with Gasteiger partial charge in [-0.25, -0.2) is 14.4 Å². The van der Waals surface area contributed by atoms with E-state index in [2.05, 4.69) is 5.32 Å². The van der Waals surface area contributed by atoms with Gasteiger partial charge >= 0.3 is 24.4 Å². The average Bonchev–Trinajstić information content (AvgIpc) is 2.76. The summed E-state index contributed by atoms with van der Waals surface area (Å²) in [6, 6.07) is 3.16. The summed E-state index contributed by atoms with van der Waals surface area (Å²) in [6.45, 7) is 12.4. The number of carbonyl (C=O) groups excluding carboxylic acids is 3. The number of rotatable bonds is 14. The number of nitrogens with one attached hydrogen (secondary N) is 1. The third-order valence-electron chi connectivity index (χ3n) is 4.66. The molecule has 0 heterocycles. The lowest BCUT2D eigenvalue weighted by Crippen LogP contribution is -2.42. The maximum absolute atomic E-state index is 12.1. The van der Waals surface area contributed by atoms with Gasteiger partial charge in [-0.15, -0.1) is 0 Å². The van der Waals surface area contributed by atoms with Crippen LogP contribution in [0.25, 0.3) is 0 Å². The number of hydrogen-bond acceptors (Lipinski definition) is 11. The number of hydrogen-bond donors (Lipinski definition) is 2. The predicted molar refractivity (Wildman–Crippen MR) is 135 cm³/mol. The Morgan fingerprint density at radius 1 is 0.816 bits per heavy atom. The van der Waals surface area contributed by atoms with Crippen molar-refractivity contribution in [1.29, 1.82) is 0 Å². The maximum atomic E-state index is 12.1. The number of benzene rings is 1. The molecule has 0 saturated heterocycles. The van der Waals surface area contributed by atoms with Crippen LogP contribution < -0.4 is 14.8 Å². The summed E-state index contributed by atoms with van der Waals surface area (Å²) in [5.74, 6) is -1.05. The molecule has 0 bridgehead atoms. The largest absolute Gasteiger partial charge is 0.514 e. The molecular formula is C26H39NO11. The first-order valence-corrected chi connectivity index (χ1v) is 12.5. The van der Waals surface area contributed by atoms with Crippen molar-refractivity contribution in [2.24, 2.45) is 5.92 Å². The van der Waals surface area contributed by atoms with E-state index < -0.39 is 48.8 Å². The van der Waals surface area contributed by atoms with E-state index in [0.29, 0.717) is 17.9 Å². The van der Waals surface area contributed by atoms with Gasteiger partial charge in [0.2, 0.25) is 0 Å². The minimum atomic E-state index is -1.15. The fourth-order valence-corrected chi connectivity index (χ4v) is 2.86. The molecule has 0 saturated carbocycles. The molecule has 0 aliphatic heterocycles. The standard InChI is InChI=1S/C26H39NO11/c1-15(2)10-11-33-24(30)36-18(7)14-27-20(23(28)29)12-19-8-9-21(37-25(31)34-16(3)4)22(13-19)38-26(32)35-17(5)6/h8-9,13,15-18,20,27H,10-12,14H2,1-7H3,(H,28,29)/t18?,20-/m0/s1. The molecule has 1 unspecified atom stereocenters. The fraction of sp³-hybridized carbons (Fsp3) is 0.615. The molecule has 1 rings (SSSR count). The van der Waals surface area contributed by atoms with Crippen LogP contribution in [0.1, 0.15) is 60.5 Å². The third kappa shape index (κ3) is 13.7. The molecule has 2 N–H and O–H groups in total. The van der Waals surface area contributed by atoms with Crippen molar-refractivity contribution in [2.75, 3.05) is 13.2 Å². The molecular weight excluding hydrogens is 502 g/mol. The van der Waals surface area contributed by atoms with Crippen LogP contribution in [-0.2, 0) is 30.2 Å². The molecule has 2 atom stereocenters. The lowest BCUT2D eigenvalue weighted by atomic mass is 10.0. The summed E-state index contributed by atoms with van der Waals surface area (Å²) in [4.78, 5) is 47.7. The normalized spacial score (nSPS) is 12.6. The van der Waals surface area contributed by atoms with Crippen LogP contribution in [-0.4, -0.2) is 67.0 Å². The Hall–Kier alpha value is -3.54. The third-order valence-corrected chi connectivity index (χ3v) is 4.66. The van der Waals surface area contributed by atoms with Gasteiger partial charge < -0.3 is 38.8 Å². The summed E-state index contributed by atoms with van der Waals surface area (Å²) in [5.41, 5.74) is 0.448. The summed E-state index contributed by atoms with van der Waals surface area (Å²) in [6.07, 6.45) is -3.75. The van der Waals surface area contributed by atoms with Crippen LogP contribution in [0.15, 0.2) is 18.2 Å². The average molecular weight is 542 g/mol. The SMILES string of the molecule is CC(C)CCOC(=O)OC(C)CN[C@@H](Cc1ccc(OC(=O)OC(C)C)c(OC(=O)OC(C)C)c1)C(=O)O. The van der Waals surface area contributed by atoms with E-state index >= 15 is 0 Å². The number of carbonyl (C=O) groups is 4. The van der Waals surface area contributed by atoms with Gasteiger partial charge in [0, 0.05) is 6.54 Å². The van der Waals surface area contributed by atoms with E-state index in [0.717, 1.165) is 0 Å².